The highest BCUT2D eigenvalue weighted by Crippen LogP contribution is 2.25. The third-order valence-corrected chi connectivity index (χ3v) is 2.17. The first-order chi connectivity index (χ1) is 6.42. The maximum atomic E-state index is 10.6. The molecule has 0 fully saturated rings. The van der Waals surface area contributed by atoms with Crippen molar-refractivity contribution >= 4 is 5.97 Å². The standard InChI is InChI=1S/C11H15NO2/c1-8-5-4-6-9(12-8)11(2,3)7-10(13)14/h4-6H,7H2,1-3H3,(H,13,14). The molecule has 3 heteroatoms. The van der Waals surface area contributed by atoms with Gasteiger partial charge in [0.2, 0.25) is 0 Å². The average Bonchev–Trinajstić information content (AvgIpc) is 2.01. The molecule has 1 heterocycles. The predicted octanol–water partition coefficient (Wildman–Crippen LogP) is 2.14. The normalized spacial score (nSPS) is 11.4. The summed E-state index contributed by atoms with van der Waals surface area (Å²) < 4.78 is 0. The van der Waals surface area contributed by atoms with E-state index in [0.717, 1.165) is 11.4 Å². The molecule has 1 rings (SSSR count). The first-order valence-electron chi connectivity index (χ1n) is 4.58. The predicted molar refractivity (Wildman–Crippen MR) is 54.3 cm³/mol. The number of aryl methyl sites for hydroxylation is 1. The zero-order valence-electron chi connectivity index (χ0n) is 8.74. The Morgan fingerprint density at radius 1 is 1.50 bits per heavy atom. The zero-order valence-corrected chi connectivity index (χ0v) is 8.74. The molecule has 0 bridgehead atoms. The van der Waals surface area contributed by atoms with Crippen LogP contribution < -0.4 is 0 Å². The van der Waals surface area contributed by atoms with E-state index in [9.17, 15) is 4.79 Å². The largest absolute Gasteiger partial charge is 0.481 e. The lowest BCUT2D eigenvalue weighted by Crippen LogP contribution is -2.23. The van der Waals surface area contributed by atoms with E-state index in [2.05, 4.69) is 4.98 Å². The minimum Gasteiger partial charge on any atom is -0.481 e. The maximum absolute atomic E-state index is 10.6. The fourth-order valence-corrected chi connectivity index (χ4v) is 1.39. The number of pyridine rings is 1. The molecule has 76 valence electrons. The average molecular weight is 193 g/mol. The Balaban J connectivity index is 2.97. The molecule has 3 nitrogen and oxygen atoms in total. The molecule has 0 saturated heterocycles. The second kappa shape index (κ2) is 3.78. The van der Waals surface area contributed by atoms with Crippen LogP contribution in [0.5, 0.6) is 0 Å². The first-order valence-corrected chi connectivity index (χ1v) is 4.58. The number of hydrogen-bond donors (Lipinski definition) is 1. The van der Waals surface area contributed by atoms with E-state index in [1.165, 1.54) is 0 Å². The van der Waals surface area contributed by atoms with Gasteiger partial charge in [-0.2, -0.15) is 0 Å². The molecule has 0 aliphatic heterocycles. The Hall–Kier alpha value is -1.38. The molecule has 0 aromatic carbocycles. The van der Waals surface area contributed by atoms with Crippen molar-refractivity contribution in [2.24, 2.45) is 0 Å². The monoisotopic (exact) mass is 193 g/mol. The quantitative estimate of drug-likeness (QED) is 0.800. The van der Waals surface area contributed by atoms with E-state index >= 15 is 0 Å². The highest BCUT2D eigenvalue weighted by atomic mass is 16.4. The van der Waals surface area contributed by atoms with Crippen molar-refractivity contribution in [1.29, 1.82) is 0 Å². The summed E-state index contributed by atoms with van der Waals surface area (Å²) in [6.45, 7) is 5.69. The van der Waals surface area contributed by atoms with Crippen LogP contribution in [0, 0.1) is 6.92 Å². The van der Waals surface area contributed by atoms with Gasteiger partial charge in [0.15, 0.2) is 0 Å². The number of carbonyl (C=O) groups is 1. The van der Waals surface area contributed by atoms with Crippen LogP contribution in [-0.4, -0.2) is 16.1 Å². The van der Waals surface area contributed by atoms with Gasteiger partial charge in [0.25, 0.3) is 0 Å². The minimum absolute atomic E-state index is 0.101. The number of aromatic nitrogens is 1. The Labute approximate surface area is 83.8 Å². The Morgan fingerprint density at radius 2 is 2.14 bits per heavy atom. The fraction of sp³-hybridized carbons (Fsp3) is 0.455. The Bertz CT molecular complexity index is 345. The lowest BCUT2D eigenvalue weighted by molar-refractivity contribution is -0.138. The van der Waals surface area contributed by atoms with Gasteiger partial charge in [-0.3, -0.25) is 9.78 Å². The number of hydrogen-bond acceptors (Lipinski definition) is 2. The van der Waals surface area contributed by atoms with Crippen LogP contribution in [0.4, 0.5) is 0 Å². The van der Waals surface area contributed by atoms with Crippen LogP contribution in [-0.2, 0) is 10.2 Å². The highest BCUT2D eigenvalue weighted by Gasteiger charge is 2.25. The smallest absolute Gasteiger partial charge is 0.304 e. The first kappa shape index (κ1) is 10.7. The molecular formula is C11H15NO2. The van der Waals surface area contributed by atoms with Crippen molar-refractivity contribution in [3.8, 4) is 0 Å². The minimum atomic E-state index is -0.793. The van der Waals surface area contributed by atoms with Gasteiger partial charge in [-0.25, -0.2) is 0 Å². The highest BCUT2D eigenvalue weighted by molar-refractivity contribution is 5.68. The second-order valence-electron chi connectivity index (χ2n) is 4.12. The van der Waals surface area contributed by atoms with Gasteiger partial charge in [0.1, 0.15) is 0 Å². The lowest BCUT2D eigenvalue weighted by Gasteiger charge is -2.21. The van der Waals surface area contributed by atoms with E-state index in [1.807, 2.05) is 39.0 Å². The summed E-state index contributed by atoms with van der Waals surface area (Å²) in [7, 11) is 0. The summed E-state index contributed by atoms with van der Waals surface area (Å²) in [6, 6.07) is 5.68. The van der Waals surface area contributed by atoms with Gasteiger partial charge in [0, 0.05) is 16.8 Å². The lowest BCUT2D eigenvalue weighted by atomic mass is 9.85. The molecule has 14 heavy (non-hydrogen) atoms. The van der Waals surface area contributed by atoms with Gasteiger partial charge in [0.05, 0.1) is 6.42 Å². The van der Waals surface area contributed by atoms with Crippen molar-refractivity contribution < 1.29 is 9.90 Å². The van der Waals surface area contributed by atoms with Gasteiger partial charge < -0.3 is 5.11 Å². The number of carboxylic acid groups (broad SMARTS) is 1. The molecule has 0 aliphatic rings. The number of carboxylic acids is 1. The summed E-state index contributed by atoms with van der Waals surface area (Å²) in [6.07, 6.45) is 0.101. The van der Waals surface area contributed by atoms with E-state index in [-0.39, 0.29) is 6.42 Å². The third kappa shape index (κ3) is 2.55. The van der Waals surface area contributed by atoms with Crippen LogP contribution in [0.25, 0.3) is 0 Å². The molecule has 1 aromatic rings. The number of nitrogens with zero attached hydrogens (tertiary/aromatic N) is 1. The fourth-order valence-electron chi connectivity index (χ4n) is 1.39. The molecule has 0 radical (unpaired) electrons. The Morgan fingerprint density at radius 3 is 2.64 bits per heavy atom. The molecule has 0 aliphatic carbocycles. The van der Waals surface area contributed by atoms with Crippen LogP contribution in [0.2, 0.25) is 0 Å². The SMILES string of the molecule is Cc1cccc(C(C)(C)CC(=O)O)n1. The summed E-state index contributed by atoms with van der Waals surface area (Å²) in [5.74, 6) is -0.793. The van der Waals surface area contributed by atoms with E-state index < -0.39 is 11.4 Å². The second-order valence-corrected chi connectivity index (χ2v) is 4.12. The van der Waals surface area contributed by atoms with Crippen molar-refractivity contribution in [2.75, 3.05) is 0 Å². The third-order valence-electron chi connectivity index (χ3n) is 2.17. The Kier molecular flexibility index (Phi) is 2.89. The maximum Gasteiger partial charge on any atom is 0.304 e. The topological polar surface area (TPSA) is 50.2 Å². The van der Waals surface area contributed by atoms with E-state index in [0.29, 0.717) is 0 Å². The summed E-state index contributed by atoms with van der Waals surface area (Å²) in [4.78, 5) is 15.0. The number of rotatable bonds is 3. The molecule has 1 N–H and O–H groups in total. The van der Waals surface area contributed by atoms with Crippen molar-refractivity contribution in [3.63, 3.8) is 0 Å². The molecule has 0 spiro atoms. The van der Waals surface area contributed by atoms with Crippen LogP contribution in [0.3, 0.4) is 0 Å². The summed E-state index contributed by atoms with van der Waals surface area (Å²) >= 11 is 0. The number of aliphatic carboxylic acids is 1. The molecule has 0 saturated carbocycles. The van der Waals surface area contributed by atoms with Gasteiger partial charge in [-0.15, -0.1) is 0 Å². The van der Waals surface area contributed by atoms with Crippen molar-refractivity contribution in [2.45, 2.75) is 32.6 Å². The van der Waals surface area contributed by atoms with E-state index in [1.54, 1.807) is 0 Å². The van der Waals surface area contributed by atoms with Crippen molar-refractivity contribution in [3.05, 3.63) is 29.6 Å². The molecular weight excluding hydrogens is 178 g/mol. The van der Waals surface area contributed by atoms with Crippen LogP contribution in [0.15, 0.2) is 18.2 Å². The molecule has 0 amide bonds. The summed E-state index contributed by atoms with van der Waals surface area (Å²) in [5, 5.41) is 8.75. The van der Waals surface area contributed by atoms with Crippen molar-refractivity contribution in [1.82, 2.24) is 4.98 Å². The van der Waals surface area contributed by atoms with Gasteiger partial charge in [-0.05, 0) is 19.1 Å². The molecule has 0 atom stereocenters. The molecule has 1 aromatic heterocycles. The van der Waals surface area contributed by atoms with Crippen LogP contribution in [0.1, 0.15) is 31.7 Å². The van der Waals surface area contributed by atoms with Crippen LogP contribution >= 0.6 is 0 Å². The van der Waals surface area contributed by atoms with Gasteiger partial charge >= 0.3 is 5.97 Å². The zero-order chi connectivity index (χ0) is 10.8. The van der Waals surface area contributed by atoms with E-state index in [4.69, 9.17) is 5.11 Å². The molecule has 0 unspecified atom stereocenters. The summed E-state index contributed by atoms with van der Waals surface area (Å²) in [5.41, 5.74) is 1.35. The van der Waals surface area contributed by atoms with Gasteiger partial charge in [-0.1, -0.05) is 19.9 Å².